The quantitative estimate of drug-likeness (QED) is 0.340. The molecule has 1 heterocycles. The van der Waals surface area contributed by atoms with Gasteiger partial charge in [-0.1, -0.05) is 19.4 Å². The van der Waals surface area contributed by atoms with Gasteiger partial charge < -0.3 is 25.2 Å². The Balaban J connectivity index is 1.53. The molecule has 188 valence electrons. The van der Waals surface area contributed by atoms with Gasteiger partial charge in [0.2, 0.25) is 0 Å². The third-order valence-electron chi connectivity index (χ3n) is 8.19. The zero-order valence-corrected chi connectivity index (χ0v) is 21.5. The number of hydrogen-bond donors (Lipinski definition) is 3. The van der Waals surface area contributed by atoms with Crippen molar-refractivity contribution in [3.8, 4) is 11.5 Å². The number of nitrogens with zero attached hydrogens (tertiary/aromatic N) is 1. The molecule has 4 rings (SSSR count). The fourth-order valence-electron chi connectivity index (χ4n) is 6.15. The minimum absolute atomic E-state index is 0.0304. The van der Waals surface area contributed by atoms with Crippen LogP contribution in [0.4, 0.5) is 0 Å². The summed E-state index contributed by atoms with van der Waals surface area (Å²) in [6.07, 6.45) is 7.23. The van der Waals surface area contributed by atoms with Crippen molar-refractivity contribution in [1.29, 1.82) is 0 Å². The van der Waals surface area contributed by atoms with Crippen LogP contribution in [0.25, 0.3) is 0 Å². The number of methoxy groups -OCH3 is 2. The number of ether oxygens (including phenoxy) is 2. The molecule has 3 fully saturated rings. The summed E-state index contributed by atoms with van der Waals surface area (Å²) >= 11 is 5.57. The standard InChI is InChI=1S/C26H39N3O4S/c1-4-5-11-27-25(34)28-19-8-9-26(18-6-7-21(32-2)22(14-18)33-3)10-12-29(23(26)15-19)16-17-13-20(17)24(30)31/h6-7,14,17,19-20,23H,4-5,8-13,15-16H2,1-3H3,(H,30,31)(H2,27,28,34). The predicted octanol–water partition coefficient (Wildman–Crippen LogP) is 3.55. The summed E-state index contributed by atoms with van der Waals surface area (Å²) in [5.41, 5.74) is 1.33. The normalized spacial score (nSPS) is 30.3. The lowest BCUT2D eigenvalue weighted by molar-refractivity contribution is -0.138. The van der Waals surface area contributed by atoms with Crippen molar-refractivity contribution < 1.29 is 19.4 Å². The number of likely N-dealkylation sites (tertiary alicyclic amines) is 1. The summed E-state index contributed by atoms with van der Waals surface area (Å²) < 4.78 is 11.1. The molecule has 2 aliphatic carbocycles. The molecule has 1 aliphatic heterocycles. The highest BCUT2D eigenvalue weighted by Gasteiger charge is 2.54. The number of carbonyl (C=O) groups is 1. The molecule has 0 bridgehead atoms. The van der Waals surface area contributed by atoms with E-state index < -0.39 is 5.97 Å². The van der Waals surface area contributed by atoms with Crippen molar-refractivity contribution in [3.05, 3.63) is 23.8 Å². The number of thiocarbonyl (C=S) groups is 1. The van der Waals surface area contributed by atoms with E-state index in [2.05, 4.69) is 34.6 Å². The van der Waals surface area contributed by atoms with Gasteiger partial charge in [0, 0.05) is 30.6 Å². The number of fused-ring (bicyclic) bond motifs is 1. The van der Waals surface area contributed by atoms with E-state index in [0.717, 1.165) is 81.2 Å². The smallest absolute Gasteiger partial charge is 0.306 e. The van der Waals surface area contributed by atoms with E-state index in [4.69, 9.17) is 21.7 Å². The number of carboxylic acid groups (broad SMARTS) is 1. The van der Waals surface area contributed by atoms with Crippen molar-refractivity contribution in [2.24, 2.45) is 11.8 Å². The minimum atomic E-state index is -0.651. The lowest BCUT2D eigenvalue weighted by Gasteiger charge is -2.46. The zero-order valence-electron chi connectivity index (χ0n) is 20.6. The molecule has 0 amide bonds. The second-order valence-corrected chi connectivity index (χ2v) is 10.6. The van der Waals surface area contributed by atoms with E-state index in [1.54, 1.807) is 14.2 Å². The number of benzene rings is 1. The summed E-state index contributed by atoms with van der Waals surface area (Å²) in [7, 11) is 3.35. The maximum absolute atomic E-state index is 11.4. The predicted molar refractivity (Wildman–Crippen MR) is 137 cm³/mol. The summed E-state index contributed by atoms with van der Waals surface area (Å²) in [4.78, 5) is 14.0. The first-order valence-corrected chi connectivity index (χ1v) is 13.1. The van der Waals surface area contributed by atoms with Gasteiger partial charge in [-0.05, 0) is 80.9 Å². The Bertz CT molecular complexity index is 897. The fourth-order valence-corrected chi connectivity index (χ4v) is 6.41. The summed E-state index contributed by atoms with van der Waals surface area (Å²) in [6.45, 7) is 4.94. The van der Waals surface area contributed by atoms with Gasteiger partial charge in [0.1, 0.15) is 0 Å². The molecule has 1 aromatic carbocycles. The first-order valence-electron chi connectivity index (χ1n) is 12.7. The number of hydrogen-bond acceptors (Lipinski definition) is 5. The third-order valence-corrected chi connectivity index (χ3v) is 8.45. The largest absolute Gasteiger partial charge is 0.493 e. The lowest BCUT2D eigenvalue weighted by Crippen LogP contribution is -2.54. The number of unbranched alkanes of at least 4 members (excludes halogenated alkanes) is 1. The van der Waals surface area contributed by atoms with Crippen molar-refractivity contribution >= 4 is 23.3 Å². The highest BCUT2D eigenvalue weighted by atomic mass is 32.1. The summed E-state index contributed by atoms with van der Waals surface area (Å²) in [6, 6.07) is 7.01. The van der Waals surface area contributed by atoms with Crippen LogP contribution in [0.2, 0.25) is 0 Å². The van der Waals surface area contributed by atoms with E-state index in [9.17, 15) is 9.90 Å². The maximum atomic E-state index is 11.4. The van der Waals surface area contributed by atoms with E-state index in [-0.39, 0.29) is 17.3 Å². The second-order valence-electron chi connectivity index (χ2n) is 10.2. The number of carboxylic acids is 1. The fraction of sp³-hybridized carbons (Fsp3) is 0.692. The van der Waals surface area contributed by atoms with Gasteiger partial charge in [0.25, 0.3) is 0 Å². The third kappa shape index (κ3) is 5.13. The van der Waals surface area contributed by atoms with E-state index >= 15 is 0 Å². The van der Waals surface area contributed by atoms with Crippen LogP contribution in [0.5, 0.6) is 11.5 Å². The molecular formula is C26H39N3O4S. The van der Waals surface area contributed by atoms with Crippen LogP contribution in [0, 0.1) is 11.8 Å². The number of aliphatic carboxylic acids is 1. The van der Waals surface area contributed by atoms with Crippen molar-refractivity contribution in [2.75, 3.05) is 33.9 Å². The molecule has 0 aromatic heterocycles. The van der Waals surface area contributed by atoms with Crippen LogP contribution >= 0.6 is 12.2 Å². The molecule has 3 aliphatic rings. The molecule has 0 spiro atoms. The van der Waals surface area contributed by atoms with Crippen LogP contribution in [-0.2, 0) is 10.2 Å². The van der Waals surface area contributed by atoms with Gasteiger partial charge in [-0.25, -0.2) is 0 Å². The molecule has 7 nitrogen and oxygen atoms in total. The summed E-state index contributed by atoms with van der Waals surface area (Å²) in [5.74, 6) is 0.950. The van der Waals surface area contributed by atoms with E-state index in [0.29, 0.717) is 12.1 Å². The Morgan fingerprint density at radius 2 is 2.03 bits per heavy atom. The van der Waals surface area contributed by atoms with Crippen LogP contribution in [0.15, 0.2) is 18.2 Å². The lowest BCUT2D eigenvalue weighted by atomic mass is 9.65. The van der Waals surface area contributed by atoms with E-state index in [1.165, 1.54) is 5.56 Å². The van der Waals surface area contributed by atoms with Gasteiger partial charge >= 0.3 is 5.97 Å². The number of rotatable bonds is 10. The Labute approximate surface area is 208 Å². The molecular weight excluding hydrogens is 450 g/mol. The topological polar surface area (TPSA) is 83.1 Å². The molecule has 34 heavy (non-hydrogen) atoms. The van der Waals surface area contributed by atoms with E-state index in [1.807, 2.05) is 6.07 Å². The van der Waals surface area contributed by atoms with Gasteiger partial charge in [0.15, 0.2) is 16.6 Å². The van der Waals surface area contributed by atoms with Crippen molar-refractivity contribution in [3.63, 3.8) is 0 Å². The van der Waals surface area contributed by atoms with Crippen molar-refractivity contribution in [2.45, 2.75) is 69.4 Å². The number of nitrogens with one attached hydrogen (secondary N) is 2. The molecule has 5 atom stereocenters. The minimum Gasteiger partial charge on any atom is -0.493 e. The van der Waals surface area contributed by atoms with Crippen LogP contribution < -0.4 is 20.1 Å². The Hall–Kier alpha value is -2.06. The van der Waals surface area contributed by atoms with Gasteiger partial charge in [0.05, 0.1) is 20.1 Å². The molecule has 8 heteroatoms. The molecule has 2 saturated carbocycles. The monoisotopic (exact) mass is 489 g/mol. The SMILES string of the molecule is CCCCNC(=S)NC1CCC2(c3ccc(OC)c(OC)c3)CCN(CC3CC3C(=O)O)C2C1. The van der Waals surface area contributed by atoms with Crippen molar-refractivity contribution in [1.82, 2.24) is 15.5 Å². The Morgan fingerprint density at radius 1 is 1.24 bits per heavy atom. The first kappa shape index (κ1) is 25.0. The molecule has 1 aromatic rings. The molecule has 0 radical (unpaired) electrons. The average Bonchev–Trinajstić information content (AvgIpc) is 3.52. The highest BCUT2D eigenvalue weighted by Crippen LogP contribution is 2.52. The van der Waals surface area contributed by atoms with Gasteiger partial charge in [-0.15, -0.1) is 0 Å². The molecule has 1 saturated heterocycles. The average molecular weight is 490 g/mol. The van der Waals surface area contributed by atoms with Crippen LogP contribution in [-0.4, -0.2) is 67.0 Å². The molecule has 5 unspecified atom stereocenters. The zero-order chi connectivity index (χ0) is 24.3. The van der Waals surface area contributed by atoms with Gasteiger partial charge in [-0.2, -0.15) is 0 Å². The first-order chi connectivity index (χ1) is 16.4. The summed E-state index contributed by atoms with van der Waals surface area (Å²) in [5, 5.41) is 17.1. The molecule has 3 N–H and O–H groups in total. The maximum Gasteiger partial charge on any atom is 0.306 e. The highest BCUT2D eigenvalue weighted by molar-refractivity contribution is 7.80. The van der Waals surface area contributed by atoms with Crippen LogP contribution in [0.1, 0.15) is 57.4 Å². The Morgan fingerprint density at radius 3 is 2.71 bits per heavy atom. The van der Waals surface area contributed by atoms with Crippen LogP contribution in [0.3, 0.4) is 0 Å². The second kappa shape index (κ2) is 10.7. The Kier molecular flexibility index (Phi) is 7.87. The van der Waals surface area contributed by atoms with Gasteiger partial charge in [-0.3, -0.25) is 9.69 Å².